The van der Waals surface area contributed by atoms with E-state index in [-0.39, 0.29) is 30.2 Å². The van der Waals surface area contributed by atoms with Gasteiger partial charge in [-0.05, 0) is 36.2 Å². The van der Waals surface area contributed by atoms with E-state index in [1.807, 2.05) is 42.5 Å². The van der Waals surface area contributed by atoms with Gasteiger partial charge in [0.05, 0.1) is 16.9 Å². The molecule has 0 spiro atoms. The number of likely N-dealkylation sites (N-methyl/N-ethyl adjacent to an activating group) is 1. The standard InChI is InChI=1S/C27H29BrN4O6S/c1-3-29-27(34)25(16-20-9-5-4-6-10-20)30(18-21-11-7-12-22(28)15-21)26(33)19-31(39(2,37)38)23-13-8-14-24(17-23)32(35)36/h4-15,17,25H,3,16,18-19H2,1-2H3,(H,29,34)/t25-/m0/s1. The molecule has 0 fully saturated rings. The van der Waals surface area contributed by atoms with Crippen molar-refractivity contribution in [2.75, 3.05) is 23.7 Å². The smallest absolute Gasteiger partial charge is 0.271 e. The number of benzene rings is 3. The second kappa shape index (κ2) is 13.3. The fraction of sp³-hybridized carbons (Fsp3) is 0.259. The van der Waals surface area contributed by atoms with Crippen LogP contribution in [0.2, 0.25) is 0 Å². The zero-order valence-electron chi connectivity index (χ0n) is 21.5. The Hall–Kier alpha value is -3.77. The van der Waals surface area contributed by atoms with Crippen molar-refractivity contribution in [1.82, 2.24) is 10.2 Å². The molecule has 39 heavy (non-hydrogen) atoms. The highest BCUT2D eigenvalue weighted by molar-refractivity contribution is 9.10. The van der Waals surface area contributed by atoms with Gasteiger partial charge in [-0.25, -0.2) is 8.42 Å². The third-order valence-corrected chi connectivity index (χ3v) is 7.51. The minimum atomic E-state index is -4.03. The van der Waals surface area contributed by atoms with Crippen LogP contribution in [0.4, 0.5) is 11.4 Å². The van der Waals surface area contributed by atoms with E-state index in [2.05, 4.69) is 21.2 Å². The molecule has 0 aliphatic heterocycles. The highest BCUT2D eigenvalue weighted by atomic mass is 79.9. The molecule has 10 nitrogen and oxygen atoms in total. The van der Waals surface area contributed by atoms with Gasteiger partial charge in [-0.2, -0.15) is 0 Å². The number of nitrogens with zero attached hydrogens (tertiary/aromatic N) is 3. The molecular formula is C27H29BrN4O6S. The number of halogens is 1. The number of nitro benzene ring substituents is 1. The Morgan fingerprint density at radius 3 is 2.28 bits per heavy atom. The SMILES string of the molecule is CCNC(=O)[C@H](Cc1ccccc1)N(Cc1cccc(Br)c1)C(=O)CN(c1cccc([N+](=O)[O-])c1)S(C)(=O)=O. The molecule has 12 heteroatoms. The monoisotopic (exact) mass is 616 g/mol. The van der Waals surface area contributed by atoms with Crippen LogP contribution in [0, 0.1) is 10.1 Å². The van der Waals surface area contributed by atoms with Crippen LogP contribution in [0.25, 0.3) is 0 Å². The molecule has 0 saturated carbocycles. The molecule has 3 rings (SSSR count). The summed E-state index contributed by atoms with van der Waals surface area (Å²) in [5.41, 5.74) is 1.20. The van der Waals surface area contributed by atoms with Gasteiger partial charge in [0.15, 0.2) is 0 Å². The van der Waals surface area contributed by atoms with Gasteiger partial charge in [0, 0.05) is 36.1 Å². The van der Waals surface area contributed by atoms with Crippen molar-refractivity contribution in [1.29, 1.82) is 0 Å². The van der Waals surface area contributed by atoms with Crippen molar-refractivity contribution in [3.63, 3.8) is 0 Å². The van der Waals surface area contributed by atoms with Gasteiger partial charge < -0.3 is 10.2 Å². The third-order valence-electron chi connectivity index (χ3n) is 5.87. The number of carbonyl (C=O) groups excluding carboxylic acids is 2. The molecule has 0 aliphatic carbocycles. The largest absolute Gasteiger partial charge is 0.355 e. The lowest BCUT2D eigenvalue weighted by atomic mass is 10.0. The van der Waals surface area contributed by atoms with E-state index >= 15 is 0 Å². The number of hydrogen-bond acceptors (Lipinski definition) is 6. The molecule has 1 atom stereocenters. The fourth-order valence-electron chi connectivity index (χ4n) is 4.05. The zero-order valence-corrected chi connectivity index (χ0v) is 23.9. The number of nitro groups is 1. The van der Waals surface area contributed by atoms with Gasteiger partial charge in [0.25, 0.3) is 5.69 Å². The predicted molar refractivity (Wildman–Crippen MR) is 153 cm³/mol. The number of rotatable bonds is 12. The third kappa shape index (κ3) is 8.36. The molecule has 0 saturated heterocycles. The van der Waals surface area contributed by atoms with Crippen LogP contribution in [0.5, 0.6) is 0 Å². The number of hydrogen-bond donors (Lipinski definition) is 1. The summed E-state index contributed by atoms with van der Waals surface area (Å²) in [6.45, 7) is 1.48. The van der Waals surface area contributed by atoms with Crippen molar-refractivity contribution in [3.05, 3.63) is 105 Å². The molecule has 2 amide bonds. The Morgan fingerprint density at radius 2 is 1.67 bits per heavy atom. The Kier molecular flexibility index (Phi) is 10.2. The summed E-state index contributed by atoms with van der Waals surface area (Å²) in [7, 11) is -4.03. The number of carbonyl (C=O) groups is 2. The van der Waals surface area contributed by atoms with Crippen LogP contribution in [0.3, 0.4) is 0 Å². The topological polar surface area (TPSA) is 130 Å². The maximum absolute atomic E-state index is 13.9. The summed E-state index contributed by atoms with van der Waals surface area (Å²) in [4.78, 5) is 39.2. The van der Waals surface area contributed by atoms with E-state index in [4.69, 9.17) is 0 Å². The Morgan fingerprint density at radius 1 is 1.00 bits per heavy atom. The van der Waals surface area contributed by atoms with E-state index < -0.39 is 33.4 Å². The molecule has 0 bridgehead atoms. The number of nitrogens with one attached hydrogen (secondary N) is 1. The highest BCUT2D eigenvalue weighted by Gasteiger charge is 2.33. The average molecular weight is 618 g/mol. The summed E-state index contributed by atoms with van der Waals surface area (Å²) >= 11 is 3.42. The quantitative estimate of drug-likeness (QED) is 0.243. The number of sulfonamides is 1. The molecule has 0 radical (unpaired) electrons. The minimum absolute atomic E-state index is 0.0272. The van der Waals surface area contributed by atoms with Gasteiger partial charge in [0.2, 0.25) is 21.8 Å². The molecule has 206 valence electrons. The Bertz CT molecular complexity index is 1430. The molecule has 3 aromatic rings. The number of anilines is 1. The van der Waals surface area contributed by atoms with E-state index in [9.17, 15) is 28.1 Å². The van der Waals surface area contributed by atoms with Crippen molar-refractivity contribution >= 4 is 49.1 Å². The van der Waals surface area contributed by atoms with Gasteiger partial charge in [-0.15, -0.1) is 0 Å². The van der Waals surface area contributed by atoms with Gasteiger partial charge >= 0.3 is 0 Å². The highest BCUT2D eigenvalue weighted by Crippen LogP contribution is 2.24. The minimum Gasteiger partial charge on any atom is -0.355 e. The van der Waals surface area contributed by atoms with Crippen LogP contribution in [0.15, 0.2) is 83.3 Å². The summed E-state index contributed by atoms with van der Waals surface area (Å²) in [6.07, 6.45) is 1.12. The first-order valence-electron chi connectivity index (χ1n) is 12.1. The Labute approximate surface area is 236 Å². The van der Waals surface area contributed by atoms with E-state index in [0.717, 1.165) is 32.2 Å². The van der Waals surface area contributed by atoms with Gasteiger partial charge in [0.1, 0.15) is 12.6 Å². The first-order chi connectivity index (χ1) is 18.5. The Balaban J connectivity index is 2.06. The van der Waals surface area contributed by atoms with E-state index in [1.54, 1.807) is 19.1 Å². The predicted octanol–water partition coefficient (Wildman–Crippen LogP) is 3.90. The van der Waals surface area contributed by atoms with Crippen molar-refractivity contribution < 1.29 is 22.9 Å². The molecule has 0 aliphatic rings. The zero-order chi connectivity index (χ0) is 28.6. The first-order valence-corrected chi connectivity index (χ1v) is 14.7. The fourth-order valence-corrected chi connectivity index (χ4v) is 5.34. The normalized spacial score (nSPS) is 11.9. The summed E-state index contributed by atoms with van der Waals surface area (Å²) in [5.74, 6) is -1.02. The molecule has 0 aromatic heterocycles. The number of non-ortho nitro benzene ring substituents is 1. The van der Waals surface area contributed by atoms with E-state index in [0.29, 0.717) is 6.54 Å². The van der Waals surface area contributed by atoms with Crippen LogP contribution < -0.4 is 9.62 Å². The maximum Gasteiger partial charge on any atom is 0.271 e. The lowest BCUT2D eigenvalue weighted by Crippen LogP contribution is -2.53. The first kappa shape index (κ1) is 29.8. The second-order valence-electron chi connectivity index (χ2n) is 8.80. The second-order valence-corrected chi connectivity index (χ2v) is 11.6. The molecule has 0 heterocycles. The maximum atomic E-state index is 13.9. The van der Waals surface area contributed by atoms with Crippen molar-refractivity contribution in [3.8, 4) is 0 Å². The lowest BCUT2D eigenvalue weighted by Gasteiger charge is -2.33. The summed E-state index contributed by atoms with van der Waals surface area (Å²) < 4.78 is 27.1. The van der Waals surface area contributed by atoms with E-state index in [1.165, 1.54) is 23.1 Å². The van der Waals surface area contributed by atoms with Crippen LogP contribution in [0.1, 0.15) is 18.1 Å². The van der Waals surface area contributed by atoms with Gasteiger partial charge in [-0.1, -0.05) is 64.5 Å². The van der Waals surface area contributed by atoms with Crippen LogP contribution in [-0.2, 0) is 32.6 Å². The summed E-state index contributed by atoms with van der Waals surface area (Å²) in [6, 6.07) is 20.5. The molecule has 1 N–H and O–H groups in total. The van der Waals surface area contributed by atoms with Crippen molar-refractivity contribution in [2.24, 2.45) is 0 Å². The average Bonchev–Trinajstić information content (AvgIpc) is 2.89. The lowest BCUT2D eigenvalue weighted by molar-refractivity contribution is -0.384. The number of amides is 2. The molecule has 0 unspecified atom stereocenters. The molecular weight excluding hydrogens is 588 g/mol. The van der Waals surface area contributed by atoms with Crippen LogP contribution >= 0.6 is 15.9 Å². The van der Waals surface area contributed by atoms with Crippen LogP contribution in [-0.4, -0.2) is 55.4 Å². The van der Waals surface area contributed by atoms with Crippen molar-refractivity contribution in [2.45, 2.75) is 25.9 Å². The van der Waals surface area contributed by atoms with Gasteiger partial charge in [-0.3, -0.25) is 24.0 Å². The summed E-state index contributed by atoms with van der Waals surface area (Å²) in [5, 5.41) is 14.1. The molecule has 3 aromatic carbocycles.